The first-order valence-corrected chi connectivity index (χ1v) is 9.08. The number of aldehydes is 1. The molecule has 4 N–H and O–H groups in total. The minimum atomic E-state index is -0.965. The van der Waals surface area contributed by atoms with Gasteiger partial charge >= 0.3 is 5.97 Å². The van der Waals surface area contributed by atoms with Crippen molar-refractivity contribution in [1.82, 2.24) is 9.80 Å². The van der Waals surface area contributed by atoms with E-state index in [2.05, 4.69) is 0 Å². The number of hydrogen-bond donors (Lipinski definition) is 4. The average Bonchev–Trinajstić information content (AvgIpc) is 2.70. The van der Waals surface area contributed by atoms with Crippen LogP contribution in [0.1, 0.15) is 11.1 Å². The monoisotopic (exact) mass is 404 g/mol. The number of aliphatic hydroxyl groups is 1. The van der Waals surface area contributed by atoms with Gasteiger partial charge < -0.3 is 25.2 Å². The van der Waals surface area contributed by atoms with Gasteiger partial charge in [-0.2, -0.15) is 0 Å². The van der Waals surface area contributed by atoms with E-state index >= 15 is 0 Å². The van der Waals surface area contributed by atoms with Gasteiger partial charge in [0.2, 0.25) is 0 Å². The molecule has 158 valence electrons. The highest BCUT2D eigenvalue weighted by atomic mass is 16.4. The summed E-state index contributed by atoms with van der Waals surface area (Å²) in [5.74, 6) is -0.690. The fourth-order valence-corrected chi connectivity index (χ4v) is 2.80. The second-order valence-electron chi connectivity index (χ2n) is 6.26. The topological polar surface area (TPSA) is 122 Å². The lowest BCUT2D eigenvalue weighted by molar-refractivity contribution is -0.138. The van der Waals surface area contributed by atoms with Gasteiger partial charge in [0, 0.05) is 44.4 Å². The largest absolute Gasteiger partial charge is 0.508 e. The van der Waals surface area contributed by atoms with E-state index in [1.807, 2.05) is 11.0 Å². The third kappa shape index (κ3) is 8.73. The molecule has 0 aromatic heterocycles. The Bertz CT molecular complexity index is 768. The zero-order chi connectivity index (χ0) is 21.6. The second-order valence-corrected chi connectivity index (χ2v) is 6.26. The van der Waals surface area contributed by atoms with Crippen molar-refractivity contribution >= 4 is 12.3 Å². The third-order valence-electron chi connectivity index (χ3n) is 4.20. The number of hydrogen-bond acceptors (Lipinski definition) is 7. The Morgan fingerprint density at radius 1 is 0.862 bits per heavy atom. The van der Waals surface area contributed by atoms with Gasteiger partial charge in [-0.05, 0) is 12.1 Å². The number of aliphatic hydroxyl groups excluding tert-OH is 1. The fourth-order valence-electron chi connectivity index (χ4n) is 2.80. The van der Waals surface area contributed by atoms with Crippen LogP contribution in [-0.2, 0) is 22.7 Å². The van der Waals surface area contributed by atoms with E-state index in [4.69, 9.17) is 10.2 Å². The number of phenols is 2. The number of para-hydroxylation sites is 2. The number of aliphatic carboxylic acids is 1. The Morgan fingerprint density at radius 2 is 1.31 bits per heavy atom. The molecular formula is C21H28N2O6. The summed E-state index contributed by atoms with van der Waals surface area (Å²) >= 11 is 0. The van der Waals surface area contributed by atoms with Crippen molar-refractivity contribution < 1.29 is 30.0 Å². The third-order valence-corrected chi connectivity index (χ3v) is 4.20. The highest BCUT2D eigenvalue weighted by Crippen LogP contribution is 2.19. The molecule has 0 aliphatic heterocycles. The summed E-state index contributed by atoms with van der Waals surface area (Å²) in [7, 11) is 1.00. The van der Waals surface area contributed by atoms with Gasteiger partial charge in [-0.15, -0.1) is 0 Å². The van der Waals surface area contributed by atoms with Crippen LogP contribution in [0.15, 0.2) is 48.5 Å². The van der Waals surface area contributed by atoms with E-state index in [9.17, 15) is 19.8 Å². The summed E-state index contributed by atoms with van der Waals surface area (Å²) in [5, 5.41) is 36.0. The molecule has 2 rings (SSSR count). The number of phenolic OH excluding ortho intramolecular Hbond substituents is 2. The molecule has 2 aromatic carbocycles. The van der Waals surface area contributed by atoms with E-state index < -0.39 is 5.97 Å². The number of carboxylic acids is 1. The summed E-state index contributed by atoms with van der Waals surface area (Å²) < 4.78 is 0. The molecule has 0 saturated heterocycles. The lowest BCUT2D eigenvalue weighted by Gasteiger charge is -2.26. The summed E-state index contributed by atoms with van der Waals surface area (Å²) in [6, 6.07) is 13.7. The van der Waals surface area contributed by atoms with Gasteiger partial charge in [-0.3, -0.25) is 14.6 Å². The lowest BCUT2D eigenvalue weighted by Crippen LogP contribution is -2.38. The molecule has 8 heteroatoms. The van der Waals surface area contributed by atoms with Crippen molar-refractivity contribution in [2.24, 2.45) is 0 Å². The van der Waals surface area contributed by atoms with E-state index in [1.165, 1.54) is 0 Å². The van der Waals surface area contributed by atoms with Gasteiger partial charge in [0.25, 0.3) is 0 Å². The van der Waals surface area contributed by atoms with Crippen molar-refractivity contribution in [3.05, 3.63) is 59.7 Å². The normalized spacial score (nSPS) is 10.5. The quantitative estimate of drug-likeness (QED) is 0.414. The van der Waals surface area contributed by atoms with E-state index in [-0.39, 0.29) is 31.1 Å². The predicted molar refractivity (Wildman–Crippen MR) is 109 cm³/mol. The molecule has 0 atom stereocenters. The standard InChI is InChI=1S/C20H24N2O5.CH4O/c23-12-11-21(13-16-5-1-3-7-18(16)24)9-10-22(15-20(26)27)14-17-6-2-4-8-19(17)25;1-2/h1-8,12,24-25H,9-11,13-15H2,(H,26,27);2H,1H3. The van der Waals surface area contributed by atoms with Crippen LogP contribution in [0.25, 0.3) is 0 Å². The van der Waals surface area contributed by atoms with Crippen LogP contribution in [0.3, 0.4) is 0 Å². The van der Waals surface area contributed by atoms with Crippen molar-refractivity contribution in [3.63, 3.8) is 0 Å². The smallest absolute Gasteiger partial charge is 0.317 e. The molecule has 0 radical (unpaired) electrons. The molecule has 0 aliphatic carbocycles. The molecule has 8 nitrogen and oxygen atoms in total. The van der Waals surface area contributed by atoms with Crippen LogP contribution in [0.5, 0.6) is 11.5 Å². The highest BCUT2D eigenvalue weighted by Gasteiger charge is 2.15. The van der Waals surface area contributed by atoms with Gasteiger partial charge in [0.1, 0.15) is 17.8 Å². The summed E-state index contributed by atoms with van der Waals surface area (Å²) in [6.07, 6.45) is 0.782. The molecule has 0 heterocycles. The molecule has 0 aliphatic rings. The maximum Gasteiger partial charge on any atom is 0.317 e. The summed E-state index contributed by atoms with van der Waals surface area (Å²) in [6.45, 7) is 1.48. The maximum atomic E-state index is 11.2. The molecule has 0 unspecified atom stereocenters. The minimum Gasteiger partial charge on any atom is -0.508 e. The van der Waals surface area contributed by atoms with Gasteiger partial charge in [0.15, 0.2) is 0 Å². The number of aromatic hydroxyl groups is 2. The molecule has 0 fully saturated rings. The van der Waals surface area contributed by atoms with Crippen molar-refractivity contribution in [3.8, 4) is 11.5 Å². The molecule has 29 heavy (non-hydrogen) atoms. The van der Waals surface area contributed by atoms with Crippen LogP contribution in [-0.4, -0.2) is 75.8 Å². The maximum absolute atomic E-state index is 11.2. The number of nitrogens with zero attached hydrogens (tertiary/aromatic N) is 2. The first-order chi connectivity index (χ1) is 14.0. The van der Waals surface area contributed by atoms with Crippen molar-refractivity contribution in [1.29, 1.82) is 0 Å². The van der Waals surface area contributed by atoms with Crippen LogP contribution >= 0.6 is 0 Å². The van der Waals surface area contributed by atoms with Crippen LogP contribution < -0.4 is 0 Å². The molecular weight excluding hydrogens is 376 g/mol. The first-order valence-electron chi connectivity index (χ1n) is 9.08. The minimum absolute atomic E-state index is 0.117. The Hall–Kier alpha value is -2.94. The molecule has 2 aromatic rings. The van der Waals surface area contributed by atoms with Crippen LogP contribution in [0, 0.1) is 0 Å². The van der Waals surface area contributed by atoms with E-state index in [0.29, 0.717) is 30.8 Å². The number of carbonyl (C=O) groups is 2. The SMILES string of the molecule is CO.O=CCN(CCN(CC(=O)O)Cc1ccccc1O)Cc1ccccc1O. The van der Waals surface area contributed by atoms with Gasteiger partial charge in [-0.1, -0.05) is 36.4 Å². The van der Waals surface area contributed by atoms with Gasteiger partial charge in [0.05, 0.1) is 13.1 Å². The van der Waals surface area contributed by atoms with E-state index in [1.54, 1.807) is 47.4 Å². The second kappa shape index (κ2) is 13.3. The van der Waals surface area contributed by atoms with E-state index in [0.717, 1.165) is 13.4 Å². The Morgan fingerprint density at radius 3 is 1.76 bits per heavy atom. The first kappa shape index (κ1) is 24.1. The number of carbonyl (C=O) groups excluding carboxylic acids is 1. The zero-order valence-electron chi connectivity index (χ0n) is 16.4. The van der Waals surface area contributed by atoms with Crippen LogP contribution in [0.2, 0.25) is 0 Å². The van der Waals surface area contributed by atoms with Crippen LogP contribution in [0.4, 0.5) is 0 Å². The summed E-state index contributed by atoms with van der Waals surface area (Å²) in [4.78, 5) is 25.7. The Kier molecular flexibility index (Phi) is 11.0. The molecule has 0 bridgehead atoms. The van der Waals surface area contributed by atoms with Crippen molar-refractivity contribution in [2.75, 3.05) is 33.3 Å². The summed E-state index contributed by atoms with van der Waals surface area (Å²) in [5.41, 5.74) is 1.34. The number of carboxylic acid groups (broad SMARTS) is 1. The number of benzene rings is 2. The van der Waals surface area contributed by atoms with Crippen molar-refractivity contribution in [2.45, 2.75) is 13.1 Å². The Labute approximate surface area is 170 Å². The molecule has 0 amide bonds. The predicted octanol–water partition coefficient (Wildman–Crippen LogP) is 1.29. The zero-order valence-corrected chi connectivity index (χ0v) is 16.4. The van der Waals surface area contributed by atoms with Gasteiger partial charge in [-0.25, -0.2) is 0 Å². The lowest BCUT2D eigenvalue weighted by atomic mass is 10.1. The molecule has 0 saturated carbocycles. The molecule has 0 spiro atoms. The Balaban J connectivity index is 0.00000204. The average molecular weight is 404 g/mol. The fraction of sp³-hybridized carbons (Fsp3) is 0.333. The highest BCUT2D eigenvalue weighted by molar-refractivity contribution is 5.69. The number of rotatable bonds is 11.